The average Bonchev–Trinajstić information content (AvgIpc) is 3.03. The van der Waals surface area contributed by atoms with E-state index in [2.05, 4.69) is 15.5 Å². The highest BCUT2D eigenvalue weighted by Gasteiger charge is 2.25. The van der Waals surface area contributed by atoms with Crippen LogP contribution in [0, 0.1) is 0 Å². The summed E-state index contributed by atoms with van der Waals surface area (Å²) in [7, 11) is 0. The number of aromatic nitrogens is 4. The number of morpholine rings is 1. The van der Waals surface area contributed by atoms with Gasteiger partial charge in [-0.3, -0.25) is 4.79 Å². The maximum atomic E-state index is 12.5. The van der Waals surface area contributed by atoms with Gasteiger partial charge in [0.1, 0.15) is 5.75 Å². The van der Waals surface area contributed by atoms with Crippen LogP contribution in [-0.4, -0.2) is 67.7 Å². The Morgan fingerprint density at radius 2 is 2.00 bits per heavy atom. The second kappa shape index (κ2) is 6.97. The lowest BCUT2D eigenvalue weighted by Gasteiger charge is -2.28. The van der Waals surface area contributed by atoms with Gasteiger partial charge in [0.15, 0.2) is 0 Å². The summed E-state index contributed by atoms with van der Waals surface area (Å²) in [5.74, 6) is 0.227. The minimum absolute atomic E-state index is 0.0542. The van der Waals surface area contributed by atoms with E-state index in [4.69, 9.17) is 4.74 Å². The fourth-order valence-corrected chi connectivity index (χ4v) is 3.15. The summed E-state index contributed by atoms with van der Waals surface area (Å²) in [5.41, 5.74) is 0.723. The second-order valence-corrected chi connectivity index (χ2v) is 6.40. The molecule has 1 N–H and O–H groups in total. The van der Waals surface area contributed by atoms with Crippen molar-refractivity contribution in [3.8, 4) is 11.4 Å². The van der Waals surface area contributed by atoms with Gasteiger partial charge in [-0.2, -0.15) is 4.68 Å². The number of ether oxygens (including phenoxy) is 1. The molecule has 8 nitrogen and oxygen atoms in total. The molecule has 122 valence electrons. The predicted octanol–water partition coefficient (Wildman–Crippen LogP) is 0.707. The number of hydrogen-bond acceptors (Lipinski definition) is 7. The third-order valence-corrected chi connectivity index (χ3v) is 4.51. The van der Waals surface area contributed by atoms with Crippen LogP contribution in [0.25, 0.3) is 5.69 Å². The molecule has 1 aliphatic heterocycles. The number of amides is 1. The fourth-order valence-electron chi connectivity index (χ4n) is 2.26. The van der Waals surface area contributed by atoms with Gasteiger partial charge < -0.3 is 14.7 Å². The highest BCUT2D eigenvalue weighted by Crippen LogP contribution is 2.25. The van der Waals surface area contributed by atoms with Gasteiger partial charge in [-0.1, -0.05) is 11.8 Å². The van der Waals surface area contributed by atoms with E-state index in [1.54, 1.807) is 33.8 Å². The maximum Gasteiger partial charge on any atom is 0.236 e. The molecule has 1 fully saturated rings. The second-order valence-electron chi connectivity index (χ2n) is 5.09. The largest absolute Gasteiger partial charge is 0.508 e. The lowest BCUT2D eigenvalue weighted by atomic mass is 10.3. The molecular formula is C14H17N5O3S. The zero-order chi connectivity index (χ0) is 16.2. The van der Waals surface area contributed by atoms with Crippen molar-refractivity contribution in [2.45, 2.75) is 17.3 Å². The van der Waals surface area contributed by atoms with E-state index in [0.29, 0.717) is 31.5 Å². The van der Waals surface area contributed by atoms with Gasteiger partial charge in [-0.15, -0.1) is 5.10 Å². The molecule has 1 aromatic heterocycles. The predicted molar refractivity (Wildman–Crippen MR) is 83.5 cm³/mol. The van der Waals surface area contributed by atoms with Crippen molar-refractivity contribution in [1.29, 1.82) is 0 Å². The summed E-state index contributed by atoms with van der Waals surface area (Å²) in [6, 6.07) is 6.55. The Morgan fingerprint density at radius 1 is 1.30 bits per heavy atom. The van der Waals surface area contributed by atoms with Crippen LogP contribution < -0.4 is 0 Å². The number of phenols is 1. The first-order valence-electron chi connectivity index (χ1n) is 7.26. The van der Waals surface area contributed by atoms with Crippen LogP contribution in [0.5, 0.6) is 5.75 Å². The standard InChI is InChI=1S/C14H17N5O3S/c1-10(13(21)18-6-8-22-9-7-18)23-14-15-16-17-19(14)11-2-4-12(20)5-3-11/h2-5,10,20H,6-9H2,1H3/t10-/m0/s1. The average molecular weight is 335 g/mol. The molecule has 0 spiro atoms. The van der Waals surface area contributed by atoms with Gasteiger partial charge >= 0.3 is 0 Å². The molecular weight excluding hydrogens is 318 g/mol. The van der Waals surface area contributed by atoms with Crippen LogP contribution in [0.2, 0.25) is 0 Å². The molecule has 0 bridgehead atoms. The van der Waals surface area contributed by atoms with Crippen molar-refractivity contribution in [1.82, 2.24) is 25.1 Å². The molecule has 2 aromatic rings. The number of benzene rings is 1. The van der Waals surface area contributed by atoms with Crippen LogP contribution >= 0.6 is 11.8 Å². The quantitative estimate of drug-likeness (QED) is 0.822. The van der Waals surface area contributed by atoms with Gasteiger partial charge in [0.05, 0.1) is 24.2 Å². The number of thioether (sulfide) groups is 1. The number of phenolic OH excluding ortho intramolecular Hbond substituents is 1. The monoisotopic (exact) mass is 335 g/mol. The lowest BCUT2D eigenvalue weighted by Crippen LogP contribution is -2.44. The molecule has 3 rings (SSSR count). The topological polar surface area (TPSA) is 93.4 Å². The number of tetrazole rings is 1. The Morgan fingerprint density at radius 3 is 2.70 bits per heavy atom. The van der Waals surface area contributed by atoms with Crippen LogP contribution in [-0.2, 0) is 9.53 Å². The number of carbonyl (C=O) groups is 1. The minimum Gasteiger partial charge on any atom is -0.508 e. The number of hydrogen-bond donors (Lipinski definition) is 1. The lowest BCUT2D eigenvalue weighted by molar-refractivity contribution is -0.134. The van der Waals surface area contributed by atoms with E-state index in [0.717, 1.165) is 5.69 Å². The van der Waals surface area contributed by atoms with E-state index in [1.165, 1.54) is 11.8 Å². The summed E-state index contributed by atoms with van der Waals surface area (Å²) in [5, 5.41) is 21.2. The van der Waals surface area contributed by atoms with Crippen LogP contribution in [0.3, 0.4) is 0 Å². The van der Waals surface area contributed by atoms with Crippen LogP contribution in [0.4, 0.5) is 0 Å². The maximum absolute atomic E-state index is 12.5. The first-order chi connectivity index (χ1) is 11.1. The Kier molecular flexibility index (Phi) is 4.77. The zero-order valence-electron chi connectivity index (χ0n) is 12.6. The fraction of sp³-hybridized carbons (Fsp3) is 0.429. The molecule has 1 atom stereocenters. The number of aromatic hydroxyl groups is 1. The van der Waals surface area contributed by atoms with Gasteiger partial charge in [0.25, 0.3) is 0 Å². The molecule has 1 saturated heterocycles. The van der Waals surface area contributed by atoms with Gasteiger partial charge in [-0.05, 0) is 41.6 Å². The van der Waals surface area contributed by atoms with E-state index in [1.807, 2.05) is 6.92 Å². The number of carbonyl (C=O) groups excluding carboxylic acids is 1. The molecule has 23 heavy (non-hydrogen) atoms. The Bertz CT molecular complexity index is 669. The Hall–Kier alpha value is -2.13. The van der Waals surface area contributed by atoms with Gasteiger partial charge in [0.2, 0.25) is 11.1 Å². The summed E-state index contributed by atoms with van der Waals surface area (Å²) in [6.45, 7) is 4.24. The van der Waals surface area contributed by atoms with Crippen molar-refractivity contribution in [3.63, 3.8) is 0 Å². The molecule has 9 heteroatoms. The number of nitrogens with zero attached hydrogens (tertiary/aromatic N) is 5. The molecule has 1 aromatic carbocycles. The van der Waals surface area contributed by atoms with Gasteiger partial charge in [0, 0.05) is 13.1 Å². The molecule has 0 saturated carbocycles. The molecule has 2 heterocycles. The SMILES string of the molecule is C[C@H](Sc1nnnn1-c1ccc(O)cc1)C(=O)N1CCOCC1. The highest BCUT2D eigenvalue weighted by atomic mass is 32.2. The smallest absolute Gasteiger partial charge is 0.236 e. The molecule has 0 radical (unpaired) electrons. The normalized spacial score (nSPS) is 16.3. The summed E-state index contributed by atoms with van der Waals surface area (Å²) >= 11 is 1.31. The van der Waals surface area contributed by atoms with Gasteiger partial charge in [-0.25, -0.2) is 0 Å². The number of rotatable bonds is 4. The third-order valence-electron chi connectivity index (χ3n) is 3.49. The molecule has 1 amide bonds. The Balaban J connectivity index is 1.71. The molecule has 0 unspecified atom stereocenters. The minimum atomic E-state index is -0.296. The Labute approximate surface area is 137 Å². The van der Waals surface area contributed by atoms with Crippen molar-refractivity contribution >= 4 is 17.7 Å². The van der Waals surface area contributed by atoms with E-state index >= 15 is 0 Å². The molecule has 1 aliphatic rings. The highest BCUT2D eigenvalue weighted by molar-refractivity contribution is 8.00. The van der Waals surface area contributed by atoms with Crippen molar-refractivity contribution < 1.29 is 14.6 Å². The third kappa shape index (κ3) is 3.62. The molecule has 0 aliphatic carbocycles. The first kappa shape index (κ1) is 15.8. The van der Waals surface area contributed by atoms with E-state index in [-0.39, 0.29) is 16.9 Å². The van der Waals surface area contributed by atoms with E-state index in [9.17, 15) is 9.90 Å². The first-order valence-corrected chi connectivity index (χ1v) is 8.14. The summed E-state index contributed by atoms with van der Waals surface area (Å²) in [4.78, 5) is 14.3. The summed E-state index contributed by atoms with van der Waals surface area (Å²) in [6.07, 6.45) is 0. The zero-order valence-corrected chi connectivity index (χ0v) is 13.4. The van der Waals surface area contributed by atoms with Crippen molar-refractivity contribution in [3.05, 3.63) is 24.3 Å². The van der Waals surface area contributed by atoms with Crippen molar-refractivity contribution in [2.24, 2.45) is 0 Å². The van der Waals surface area contributed by atoms with Crippen LogP contribution in [0.1, 0.15) is 6.92 Å². The van der Waals surface area contributed by atoms with E-state index < -0.39 is 0 Å². The van der Waals surface area contributed by atoms with Crippen LogP contribution in [0.15, 0.2) is 29.4 Å². The van der Waals surface area contributed by atoms with Crippen molar-refractivity contribution in [2.75, 3.05) is 26.3 Å². The summed E-state index contributed by atoms with van der Waals surface area (Å²) < 4.78 is 6.81.